The van der Waals surface area contributed by atoms with Crippen LogP contribution in [0.5, 0.6) is 11.5 Å². The minimum Gasteiger partial charge on any atom is -0.465 e. The number of carbonyl (C=O) groups excluding carboxylic acids is 4. The van der Waals surface area contributed by atoms with Crippen molar-refractivity contribution in [2.75, 3.05) is 33.0 Å². The lowest BCUT2D eigenvalue weighted by Gasteiger charge is -2.48. The third kappa shape index (κ3) is 5.60. The smallest absolute Gasteiger partial charge is 0.318 e. The molecule has 0 radical (unpaired) electrons. The average molecular weight is 540 g/mol. The van der Waals surface area contributed by atoms with Crippen molar-refractivity contribution in [3.05, 3.63) is 35.5 Å². The van der Waals surface area contributed by atoms with Gasteiger partial charge in [0, 0.05) is 44.1 Å². The molecular formula is C29H37N3O7. The van der Waals surface area contributed by atoms with Crippen LogP contribution in [0.4, 0.5) is 0 Å². The summed E-state index contributed by atoms with van der Waals surface area (Å²) in [6, 6.07) is 5.56. The molecule has 0 spiro atoms. The van der Waals surface area contributed by atoms with Gasteiger partial charge < -0.3 is 29.3 Å². The van der Waals surface area contributed by atoms with Crippen LogP contribution in [-0.2, 0) is 30.5 Å². The molecule has 0 bridgehead atoms. The highest BCUT2D eigenvalue weighted by molar-refractivity contribution is 5.92. The Morgan fingerprint density at radius 3 is 2.82 bits per heavy atom. The second-order valence-corrected chi connectivity index (χ2v) is 10.7. The topological polar surface area (TPSA) is 114 Å². The summed E-state index contributed by atoms with van der Waals surface area (Å²) in [5, 5.41) is 2.91. The molecule has 1 aromatic carbocycles. The van der Waals surface area contributed by atoms with Gasteiger partial charge in [0.05, 0.1) is 13.2 Å². The molecule has 0 saturated carbocycles. The van der Waals surface area contributed by atoms with Crippen LogP contribution in [0.2, 0.25) is 0 Å². The van der Waals surface area contributed by atoms with E-state index in [1.165, 1.54) is 0 Å². The number of ether oxygens (including phenoxy) is 3. The summed E-state index contributed by atoms with van der Waals surface area (Å²) < 4.78 is 16.5. The van der Waals surface area contributed by atoms with E-state index in [2.05, 4.69) is 5.32 Å². The Hall–Kier alpha value is -3.56. The van der Waals surface area contributed by atoms with Gasteiger partial charge in [-0.05, 0) is 63.1 Å². The van der Waals surface area contributed by atoms with Crippen LogP contribution < -0.4 is 14.8 Å². The number of nitrogens with one attached hydrogen (secondary N) is 1. The van der Waals surface area contributed by atoms with Crippen molar-refractivity contribution < 1.29 is 33.4 Å². The van der Waals surface area contributed by atoms with E-state index >= 15 is 0 Å². The SMILES string of the molecule is CCOC(=O)[C@]12CCCC=C1N(Cc1ccc3c(c1)OCO3)C(=O)[C@H](CC(=O)NCCCN1CCCC1=O)C2. The van der Waals surface area contributed by atoms with Gasteiger partial charge in [-0.1, -0.05) is 12.1 Å². The van der Waals surface area contributed by atoms with E-state index in [4.69, 9.17) is 14.2 Å². The number of piperidine rings is 1. The normalized spacial score (nSPS) is 23.9. The molecular weight excluding hydrogens is 502 g/mol. The minimum absolute atomic E-state index is 0.00640. The molecule has 3 heterocycles. The predicted molar refractivity (Wildman–Crippen MR) is 140 cm³/mol. The average Bonchev–Trinajstić information content (AvgIpc) is 3.57. The van der Waals surface area contributed by atoms with Gasteiger partial charge in [-0.2, -0.15) is 0 Å². The van der Waals surface area contributed by atoms with Crippen LogP contribution >= 0.6 is 0 Å². The number of carbonyl (C=O) groups is 4. The molecule has 10 nitrogen and oxygen atoms in total. The molecule has 0 unspecified atom stereocenters. The molecule has 3 amide bonds. The lowest BCUT2D eigenvalue weighted by atomic mass is 9.66. The van der Waals surface area contributed by atoms with Crippen molar-refractivity contribution in [2.24, 2.45) is 11.3 Å². The maximum absolute atomic E-state index is 13.9. The van der Waals surface area contributed by atoms with Gasteiger partial charge in [0.2, 0.25) is 24.5 Å². The summed E-state index contributed by atoms with van der Waals surface area (Å²) in [5.74, 6) is 0.0591. The largest absolute Gasteiger partial charge is 0.465 e. The van der Waals surface area contributed by atoms with E-state index in [9.17, 15) is 19.2 Å². The molecule has 210 valence electrons. The van der Waals surface area contributed by atoms with Gasteiger partial charge in [-0.3, -0.25) is 19.2 Å². The molecule has 1 aliphatic carbocycles. The number of nitrogens with zero attached hydrogens (tertiary/aromatic N) is 2. The van der Waals surface area contributed by atoms with Gasteiger partial charge in [-0.25, -0.2) is 0 Å². The van der Waals surface area contributed by atoms with Crippen LogP contribution in [0.25, 0.3) is 0 Å². The number of amides is 3. The Labute approximate surface area is 228 Å². The van der Waals surface area contributed by atoms with Gasteiger partial charge in [0.25, 0.3) is 0 Å². The lowest BCUT2D eigenvalue weighted by Crippen LogP contribution is -2.54. The third-order valence-corrected chi connectivity index (χ3v) is 8.11. The highest BCUT2D eigenvalue weighted by Gasteiger charge is 2.54. The number of allylic oxidation sites excluding steroid dienone is 1. The van der Waals surface area contributed by atoms with Crippen LogP contribution in [0.1, 0.15) is 63.9 Å². The summed E-state index contributed by atoms with van der Waals surface area (Å²) in [5.41, 5.74) is 0.569. The van der Waals surface area contributed by atoms with Gasteiger partial charge in [0.1, 0.15) is 5.41 Å². The number of esters is 1. The first kappa shape index (κ1) is 27.0. The number of likely N-dealkylation sites (tertiary alicyclic amines) is 2. The quantitative estimate of drug-likeness (QED) is 0.359. The zero-order valence-corrected chi connectivity index (χ0v) is 22.5. The first-order valence-corrected chi connectivity index (χ1v) is 14.0. The second kappa shape index (κ2) is 11.7. The molecule has 2 saturated heterocycles. The standard InChI is InChI=1S/C29H37N3O7/c1-2-37-28(36)29-11-4-3-7-24(29)32(18-20-9-10-22-23(15-20)39-19-38-22)27(35)21(17-29)16-25(33)30-12-6-14-31-13-5-8-26(31)34/h7,9-10,15,21H,2-6,8,11-14,16-19H2,1H3,(H,30,33)/t21-,29+/m1/s1. The maximum Gasteiger partial charge on any atom is 0.318 e. The minimum atomic E-state index is -0.959. The Kier molecular flexibility index (Phi) is 8.09. The second-order valence-electron chi connectivity index (χ2n) is 10.7. The predicted octanol–water partition coefficient (Wildman–Crippen LogP) is 2.90. The van der Waals surface area contributed by atoms with Gasteiger partial charge in [0.15, 0.2) is 11.5 Å². The van der Waals surface area contributed by atoms with Crippen LogP contribution in [0.3, 0.4) is 0 Å². The fraction of sp³-hybridized carbons (Fsp3) is 0.586. The summed E-state index contributed by atoms with van der Waals surface area (Å²) in [6.07, 6.45) is 6.53. The molecule has 4 aliphatic rings. The van der Waals surface area contributed by atoms with Crippen molar-refractivity contribution in [1.29, 1.82) is 0 Å². The monoisotopic (exact) mass is 539 g/mol. The molecule has 39 heavy (non-hydrogen) atoms. The molecule has 2 fully saturated rings. The van der Waals surface area contributed by atoms with E-state index in [1.54, 1.807) is 11.8 Å². The van der Waals surface area contributed by atoms with Crippen molar-refractivity contribution >= 4 is 23.7 Å². The molecule has 0 aromatic heterocycles. The number of benzene rings is 1. The summed E-state index contributed by atoms with van der Waals surface area (Å²) in [4.78, 5) is 55.6. The van der Waals surface area contributed by atoms with E-state index < -0.39 is 11.3 Å². The Morgan fingerprint density at radius 1 is 1.18 bits per heavy atom. The Balaban J connectivity index is 1.32. The highest BCUT2D eigenvalue weighted by Crippen LogP contribution is 2.50. The highest BCUT2D eigenvalue weighted by atomic mass is 16.7. The van der Waals surface area contributed by atoms with Crippen molar-refractivity contribution in [3.63, 3.8) is 0 Å². The fourth-order valence-electron chi connectivity index (χ4n) is 6.23. The molecule has 1 N–H and O–H groups in total. The maximum atomic E-state index is 13.9. The summed E-state index contributed by atoms with van der Waals surface area (Å²) in [7, 11) is 0. The summed E-state index contributed by atoms with van der Waals surface area (Å²) >= 11 is 0. The lowest BCUT2D eigenvalue weighted by molar-refractivity contribution is -0.162. The summed E-state index contributed by atoms with van der Waals surface area (Å²) in [6.45, 7) is 4.25. The van der Waals surface area contributed by atoms with Crippen LogP contribution in [0.15, 0.2) is 30.0 Å². The van der Waals surface area contributed by atoms with Gasteiger partial charge >= 0.3 is 5.97 Å². The van der Waals surface area contributed by atoms with E-state index in [1.807, 2.05) is 29.2 Å². The van der Waals surface area contributed by atoms with E-state index in [-0.39, 0.29) is 56.5 Å². The molecule has 5 rings (SSSR count). The van der Waals surface area contributed by atoms with E-state index in [0.29, 0.717) is 49.5 Å². The first-order valence-electron chi connectivity index (χ1n) is 14.0. The number of hydrogen-bond donors (Lipinski definition) is 1. The van der Waals surface area contributed by atoms with Crippen molar-refractivity contribution in [2.45, 2.75) is 64.8 Å². The zero-order valence-electron chi connectivity index (χ0n) is 22.5. The van der Waals surface area contributed by atoms with Crippen molar-refractivity contribution in [1.82, 2.24) is 15.1 Å². The van der Waals surface area contributed by atoms with Crippen LogP contribution in [0, 0.1) is 11.3 Å². The molecule has 2 atom stereocenters. The first-order chi connectivity index (χ1) is 18.9. The Bertz CT molecular complexity index is 1170. The molecule has 1 aromatic rings. The third-order valence-electron chi connectivity index (χ3n) is 8.11. The molecule has 3 aliphatic heterocycles. The van der Waals surface area contributed by atoms with Crippen molar-refractivity contribution in [3.8, 4) is 11.5 Å². The Morgan fingerprint density at radius 2 is 2.03 bits per heavy atom. The fourth-order valence-corrected chi connectivity index (χ4v) is 6.23. The number of fused-ring (bicyclic) bond motifs is 2. The van der Waals surface area contributed by atoms with Gasteiger partial charge in [-0.15, -0.1) is 0 Å². The zero-order chi connectivity index (χ0) is 27.4. The number of rotatable bonds is 10. The number of hydrogen-bond acceptors (Lipinski definition) is 7. The molecule has 10 heteroatoms. The van der Waals surface area contributed by atoms with Crippen LogP contribution in [-0.4, -0.2) is 66.5 Å². The van der Waals surface area contributed by atoms with E-state index in [0.717, 1.165) is 31.4 Å².